The highest BCUT2D eigenvalue weighted by atomic mass is 79.9. The number of aromatic hydroxyl groups is 1. The molecule has 2 aliphatic rings. The standard InChI is InChI=1S/C26H19BrN2O3S2/c1-32-20-11-15(18(27)13-19(20)30)12-22-25(31)29-24(21-7-4-10-33-21)17-9-8-14-5-2-3-6-16(14)23(17)28-26(29)34-22/h2-7,10-13,24,30H,8-9H2,1H3. The minimum atomic E-state index is -0.153. The van der Waals surface area contributed by atoms with Gasteiger partial charge >= 0.3 is 0 Å². The third-order valence-corrected chi connectivity index (χ3v) is 8.86. The van der Waals surface area contributed by atoms with E-state index in [4.69, 9.17) is 9.73 Å². The van der Waals surface area contributed by atoms with Gasteiger partial charge in [-0.15, -0.1) is 11.3 Å². The Bertz CT molecular complexity index is 1650. The van der Waals surface area contributed by atoms with Gasteiger partial charge in [-0.1, -0.05) is 57.6 Å². The lowest BCUT2D eigenvalue weighted by Crippen LogP contribution is -2.38. The van der Waals surface area contributed by atoms with Crippen molar-refractivity contribution in [1.82, 2.24) is 4.57 Å². The largest absolute Gasteiger partial charge is 0.504 e. The van der Waals surface area contributed by atoms with Crippen molar-refractivity contribution in [2.75, 3.05) is 7.11 Å². The molecule has 5 nitrogen and oxygen atoms in total. The number of thiazole rings is 1. The average molecular weight is 551 g/mol. The number of phenolic OH excluding ortho intramolecular Hbond substituents is 1. The molecule has 0 fully saturated rings. The van der Waals surface area contributed by atoms with Crippen LogP contribution in [0.5, 0.6) is 11.5 Å². The van der Waals surface area contributed by atoms with Crippen molar-refractivity contribution >= 4 is 50.4 Å². The third-order valence-electron chi connectivity index (χ3n) is 6.27. The predicted octanol–water partition coefficient (Wildman–Crippen LogP) is 4.86. The van der Waals surface area contributed by atoms with E-state index in [2.05, 4.69) is 51.6 Å². The first-order valence-corrected chi connectivity index (χ1v) is 13.3. The lowest BCUT2D eigenvalue weighted by molar-refractivity contribution is 0.373. The number of benzene rings is 2. The number of hydrogen-bond donors (Lipinski definition) is 1. The van der Waals surface area contributed by atoms with Crippen LogP contribution in [0.15, 0.2) is 73.7 Å². The van der Waals surface area contributed by atoms with Crippen LogP contribution in [0.25, 0.3) is 11.8 Å². The number of rotatable bonds is 3. The fourth-order valence-electron chi connectivity index (χ4n) is 4.69. The number of allylic oxidation sites excluding steroid dienone is 1. The summed E-state index contributed by atoms with van der Waals surface area (Å²) in [6, 6.07) is 15.7. The maximum absolute atomic E-state index is 13.7. The molecule has 0 amide bonds. The van der Waals surface area contributed by atoms with Crippen LogP contribution >= 0.6 is 38.6 Å². The predicted molar refractivity (Wildman–Crippen MR) is 139 cm³/mol. The third kappa shape index (κ3) is 3.40. The van der Waals surface area contributed by atoms with E-state index in [9.17, 15) is 9.90 Å². The fourth-order valence-corrected chi connectivity index (χ4v) is 6.98. The van der Waals surface area contributed by atoms with Crippen LogP contribution in [0.2, 0.25) is 0 Å². The molecule has 0 bridgehead atoms. The first kappa shape index (κ1) is 21.6. The molecule has 0 saturated carbocycles. The molecule has 2 aromatic carbocycles. The number of nitrogens with zero attached hydrogens (tertiary/aromatic N) is 2. The van der Waals surface area contributed by atoms with Crippen molar-refractivity contribution in [3.63, 3.8) is 0 Å². The summed E-state index contributed by atoms with van der Waals surface area (Å²) in [5.74, 6) is 0.391. The summed E-state index contributed by atoms with van der Waals surface area (Å²) in [7, 11) is 1.50. The highest BCUT2D eigenvalue weighted by molar-refractivity contribution is 9.10. The molecular formula is C26H19BrN2O3S2. The summed E-state index contributed by atoms with van der Waals surface area (Å²) in [6.07, 6.45) is 3.65. The summed E-state index contributed by atoms with van der Waals surface area (Å²) in [5, 5.41) is 12.1. The zero-order chi connectivity index (χ0) is 23.4. The average Bonchev–Trinajstić information content (AvgIpc) is 3.48. The van der Waals surface area contributed by atoms with Gasteiger partial charge in [0.15, 0.2) is 16.3 Å². The molecule has 1 unspecified atom stereocenters. The molecule has 1 aliphatic heterocycles. The molecule has 6 rings (SSSR count). The van der Waals surface area contributed by atoms with Crippen molar-refractivity contribution in [2.24, 2.45) is 4.99 Å². The van der Waals surface area contributed by atoms with Crippen LogP contribution in [0.4, 0.5) is 0 Å². The number of aryl methyl sites for hydroxylation is 1. The Morgan fingerprint density at radius 1 is 1.21 bits per heavy atom. The quantitative estimate of drug-likeness (QED) is 0.396. The van der Waals surface area contributed by atoms with E-state index in [1.807, 2.05) is 16.7 Å². The van der Waals surface area contributed by atoms with Gasteiger partial charge in [0.1, 0.15) is 0 Å². The number of halogens is 1. The van der Waals surface area contributed by atoms with Crippen LogP contribution in [-0.2, 0) is 6.42 Å². The SMILES string of the molecule is COc1cc(C=c2sc3n(c2=O)C(c2cccs2)C2=C(N=3)c3ccccc3CC2)c(Br)cc1O. The van der Waals surface area contributed by atoms with Gasteiger partial charge in [-0.3, -0.25) is 9.36 Å². The molecule has 0 spiro atoms. The van der Waals surface area contributed by atoms with Gasteiger partial charge in [-0.25, -0.2) is 4.99 Å². The number of hydrogen-bond acceptors (Lipinski definition) is 6. The number of phenols is 1. The topological polar surface area (TPSA) is 63.8 Å². The van der Waals surface area contributed by atoms with Crippen molar-refractivity contribution in [2.45, 2.75) is 18.9 Å². The Morgan fingerprint density at radius 3 is 2.85 bits per heavy atom. The van der Waals surface area contributed by atoms with E-state index in [1.54, 1.807) is 23.5 Å². The smallest absolute Gasteiger partial charge is 0.271 e. The van der Waals surface area contributed by atoms with Gasteiger partial charge in [-0.05, 0) is 59.2 Å². The fraction of sp³-hybridized carbons (Fsp3) is 0.154. The Kier molecular flexibility index (Phi) is 5.32. The maximum atomic E-state index is 13.7. The van der Waals surface area contributed by atoms with E-state index in [1.165, 1.54) is 29.6 Å². The van der Waals surface area contributed by atoms with E-state index in [-0.39, 0.29) is 17.4 Å². The van der Waals surface area contributed by atoms with Gasteiger partial charge in [-0.2, -0.15) is 0 Å². The number of methoxy groups -OCH3 is 1. The van der Waals surface area contributed by atoms with Gasteiger partial charge in [0.05, 0.1) is 23.4 Å². The lowest BCUT2D eigenvalue weighted by Gasteiger charge is -2.30. The minimum Gasteiger partial charge on any atom is -0.504 e. The second-order valence-corrected chi connectivity index (χ2v) is 11.0. The summed E-state index contributed by atoms with van der Waals surface area (Å²) in [4.78, 5) is 20.6. The Hall–Kier alpha value is -2.94. The summed E-state index contributed by atoms with van der Waals surface area (Å²) in [6.45, 7) is 0. The molecule has 2 aromatic heterocycles. The highest BCUT2D eigenvalue weighted by Gasteiger charge is 2.33. The maximum Gasteiger partial charge on any atom is 0.271 e. The molecule has 8 heteroatoms. The van der Waals surface area contributed by atoms with E-state index < -0.39 is 0 Å². The molecule has 3 heterocycles. The van der Waals surface area contributed by atoms with Gasteiger partial charge in [0.25, 0.3) is 5.56 Å². The summed E-state index contributed by atoms with van der Waals surface area (Å²) < 4.78 is 8.37. The zero-order valence-corrected chi connectivity index (χ0v) is 21.3. The molecule has 0 saturated heterocycles. The number of ether oxygens (including phenoxy) is 1. The van der Waals surface area contributed by atoms with E-state index >= 15 is 0 Å². The highest BCUT2D eigenvalue weighted by Crippen LogP contribution is 2.42. The van der Waals surface area contributed by atoms with Crippen LogP contribution < -0.4 is 19.6 Å². The molecule has 34 heavy (non-hydrogen) atoms. The number of fused-ring (bicyclic) bond motifs is 3. The van der Waals surface area contributed by atoms with Gasteiger partial charge in [0.2, 0.25) is 0 Å². The molecule has 1 aliphatic carbocycles. The van der Waals surface area contributed by atoms with E-state index in [0.29, 0.717) is 19.6 Å². The Labute approximate surface area is 211 Å². The molecule has 1 N–H and O–H groups in total. The van der Waals surface area contributed by atoms with Crippen molar-refractivity contribution in [1.29, 1.82) is 0 Å². The first-order valence-electron chi connectivity index (χ1n) is 10.8. The van der Waals surface area contributed by atoms with Crippen LogP contribution in [0.1, 0.15) is 34.0 Å². The number of thiophene rings is 1. The minimum absolute atomic E-state index is 0.0389. The Morgan fingerprint density at radius 2 is 2.06 bits per heavy atom. The number of aromatic nitrogens is 1. The first-order chi connectivity index (χ1) is 16.5. The molecule has 4 aromatic rings. The van der Waals surface area contributed by atoms with Crippen molar-refractivity contribution < 1.29 is 9.84 Å². The molecular weight excluding hydrogens is 532 g/mol. The van der Waals surface area contributed by atoms with Crippen LogP contribution in [0, 0.1) is 0 Å². The van der Waals surface area contributed by atoms with Crippen LogP contribution in [0.3, 0.4) is 0 Å². The normalized spacial score (nSPS) is 17.1. The molecule has 1 atom stereocenters. The van der Waals surface area contributed by atoms with Crippen LogP contribution in [-0.4, -0.2) is 16.8 Å². The Balaban J connectivity index is 1.61. The van der Waals surface area contributed by atoms with E-state index in [0.717, 1.165) is 34.5 Å². The van der Waals surface area contributed by atoms with Crippen molar-refractivity contribution in [3.8, 4) is 11.5 Å². The second-order valence-electron chi connectivity index (χ2n) is 8.17. The van der Waals surface area contributed by atoms with Crippen molar-refractivity contribution in [3.05, 3.63) is 105 Å². The van der Waals surface area contributed by atoms with Gasteiger partial charge < -0.3 is 9.84 Å². The molecule has 170 valence electrons. The lowest BCUT2D eigenvalue weighted by atomic mass is 9.85. The summed E-state index contributed by atoms with van der Waals surface area (Å²) in [5.41, 5.74) is 5.35. The molecule has 0 radical (unpaired) electrons. The van der Waals surface area contributed by atoms with Gasteiger partial charge in [0, 0.05) is 14.9 Å². The second kappa shape index (κ2) is 8.37. The zero-order valence-electron chi connectivity index (χ0n) is 18.1. The summed E-state index contributed by atoms with van der Waals surface area (Å²) >= 11 is 6.55. The monoisotopic (exact) mass is 550 g/mol.